The molecule has 2 aliphatic heterocycles. The number of piperidine rings is 1. The van der Waals surface area contributed by atoms with E-state index in [4.69, 9.17) is 0 Å². The number of carbonyl (C=O) groups is 1. The third-order valence-corrected chi connectivity index (χ3v) is 5.91. The summed E-state index contributed by atoms with van der Waals surface area (Å²) in [7, 11) is 0. The van der Waals surface area contributed by atoms with E-state index in [1.54, 1.807) is 0 Å². The number of hydrogen-bond acceptors (Lipinski definition) is 4. The molecule has 0 N–H and O–H groups in total. The van der Waals surface area contributed by atoms with Gasteiger partial charge in [0.05, 0.1) is 0 Å². The van der Waals surface area contributed by atoms with Gasteiger partial charge in [-0.1, -0.05) is 19.1 Å². The van der Waals surface area contributed by atoms with Crippen molar-refractivity contribution >= 4 is 5.91 Å². The summed E-state index contributed by atoms with van der Waals surface area (Å²) in [4.78, 5) is 26.3. The number of benzene rings is 1. The van der Waals surface area contributed by atoms with Crippen molar-refractivity contribution in [2.75, 3.05) is 26.2 Å². The van der Waals surface area contributed by atoms with Gasteiger partial charge in [0, 0.05) is 42.7 Å². The highest BCUT2D eigenvalue weighted by Crippen LogP contribution is 2.23. The van der Waals surface area contributed by atoms with Gasteiger partial charge < -0.3 is 9.80 Å². The molecule has 5 nitrogen and oxygen atoms in total. The fourth-order valence-electron chi connectivity index (χ4n) is 4.17. The molecule has 2 fully saturated rings. The number of nitrogens with zero attached hydrogens (tertiary/aromatic N) is 4. The molecule has 0 spiro atoms. The molecule has 0 radical (unpaired) electrons. The molecule has 2 aliphatic rings. The highest BCUT2D eigenvalue weighted by atomic mass is 16.2. The van der Waals surface area contributed by atoms with Gasteiger partial charge in [0.15, 0.2) is 5.82 Å². The Morgan fingerprint density at radius 2 is 1.63 bits per heavy atom. The summed E-state index contributed by atoms with van der Waals surface area (Å²) in [6.45, 7) is 6.29. The van der Waals surface area contributed by atoms with Crippen LogP contribution in [-0.4, -0.2) is 57.9 Å². The molecule has 0 bridgehead atoms. The van der Waals surface area contributed by atoms with Crippen LogP contribution in [0.4, 0.5) is 0 Å². The van der Waals surface area contributed by atoms with Gasteiger partial charge in [0.2, 0.25) is 0 Å². The Bertz CT molecular complexity index is 758. The number of rotatable bonds is 4. The largest absolute Gasteiger partial charge is 0.339 e. The minimum absolute atomic E-state index is 0.142. The lowest BCUT2D eigenvalue weighted by molar-refractivity contribution is 0.0644. The summed E-state index contributed by atoms with van der Waals surface area (Å²) in [6, 6.07) is 8.38. The van der Waals surface area contributed by atoms with Crippen LogP contribution in [0.2, 0.25) is 0 Å². The van der Waals surface area contributed by atoms with E-state index in [9.17, 15) is 4.79 Å². The molecule has 0 unspecified atom stereocenters. The third kappa shape index (κ3) is 4.03. The van der Waals surface area contributed by atoms with Gasteiger partial charge in [0.1, 0.15) is 0 Å². The van der Waals surface area contributed by atoms with Crippen LogP contribution in [0.25, 0.3) is 11.4 Å². The van der Waals surface area contributed by atoms with Gasteiger partial charge >= 0.3 is 0 Å². The van der Waals surface area contributed by atoms with Crippen molar-refractivity contribution in [2.45, 2.75) is 45.1 Å². The van der Waals surface area contributed by atoms with E-state index < -0.39 is 0 Å². The van der Waals surface area contributed by atoms with Crippen LogP contribution in [0.3, 0.4) is 0 Å². The molecule has 5 heteroatoms. The van der Waals surface area contributed by atoms with E-state index in [0.29, 0.717) is 11.9 Å². The molecule has 142 valence electrons. The third-order valence-electron chi connectivity index (χ3n) is 5.91. The Kier molecular flexibility index (Phi) is 5.48. The Morgan fingerprint density at radius 3 is 2.22 bits per heavy atom. The predicted molar refractivity (Wildman–Crippen MR) is 107 cm³/mol. The van der Waals surface area contributed by atoms with E-state index in [1.807, 2.05) is 41.6 Å². The lowest BCUT2D eigenvalue weighted by Crippen LogP contribution is -2.45. The molecular formula is C22H28N4O. The van der Waals surface area contributed by atoms with Crippen molar-refractivity contribution in [3.05, 3.63) is 47.8 Å². The van der Waals surface area contributed by atoms with Crippen LogP contribution in [0.5, 0.6) is 0 Å². The summed E-state index contributed by atoms with van der Waals surface area (Å²) < 4.78 is 0. The van der Waals surface area contributed by atoms with Gasteiger partial charge in [-0.3, -0.25) is 4.79 Å². The van der Waals surface area contributed by atoms with Crippen LogP contribution in [-0.2, 0) is 6.42 Å². The van der Waals surface area contributed by atoms with Crippen molar-refractivity contribution in [2.24, 2.45) is 0 Å². The summed E-state index contributed by atoms with van der Waals surface area (Å²) >= 11 is 0. The van der Waals surface area contributed by atoms with Crippen LogP contribution < -0.4 is 0 Å². The Labute approximate surface area is 161 Å². The van der Waals surface area contributed by atoms with E-state index in [1.165, 1.54) is 25.9 Å². The summed E-state index contributed by atoms with van der Waals surface area (Å²) in [5, 5.41) is 0. The molecule has 2 saturated heterocycles. The second-order valence-electron chi connectivity index (χ2n) is 7.61. The maximum Gasteiger partial charge on any atom is 0.253 e. The number of amides is 1. The minimum atomic E-state index is 0.142. The van der Waals surface area contributed by atoms with Crippen molar-refractivity contribution in [3.63, 3.8) is 0 Å². The number of aryl methyl sites for hydroxylation is 1. The van der Waals surface area contributed by atoms with Gasteiger partial charge in [-0.15, -0.1) is 0 Å². The quantitative estimate of drug-likeness (QED) is 0.834. The Balaban J connectivity index is 1.37. The van der Waals surface area contributed by atoms with Crippen LogP contribution in [0.15, 0.2) is 36.7 Å². The van der Waals surface area contributed by atoms with Crippen molar-refractivity contribution in [3.8, 4) is 11.4 Å². The fraction of sp³-hybridized carbons (Fsp3) is 0.500. The second-order valence-corrected chi connectivity index (χ2v) is 7.61. The number of aromatic nitrogens is 2. The highest BCUT2D eigenvalue weighted by molar-refractivity contribution is 5.94. The van der Waals surface area contributed by atoms with E-state index in [-0.39, 0.29) is 5.91 Å². The van der Waals surface area contributed by atoms with Gasteiger partial charge in [0.25, 0.3) is 5.91 Å². The van der Waals surface area contributed by atoms with Crippen LogP contribution >= 0.6 is 0 Å². The average Bonchev–Trinajstić information content (AvgIpc) is 3.28. The summed E-state index contributed by atoms with van der Waals surface area (Å²) in [5.41, 5.74) is 2.83. The average molecular weight is 364 g/mol. The lowest BCUT2D eigenvalue weighted by Gasteiger charge is -2.36. The fourth-order valence-corrected chi connectivity index (χ4v) is 4.17. The predicted octanol–water partition coefficient (Wildman–Crippen LogP) is 3.41. The normalized spacial score (nSPS) is 18.8. The molecule has 0 saturated carbocycles. The summed E-state index contributed by atoms with van der Waals surface area (Å²) in [6.07, 6.45) is 9.52. The molecule has 1 aromatic heterocycles. The molecule has 0 atom stereocenters. The van der Waals surface area contributed by atoms with Gasteiger partial charge in [-0.05, 0) is 62.9 Å². The van der Waals surface area contributed by atoms with E-state index in [2.05, 4.69) is 21.8 Å². The number of carbonyl (C=O) groups excluding carboxylic acids is 1. The van der Waals surface area contributed by atoms with Crippen LogP contribution in [0, 0.1) is 0 Å². The van der Waals surface area contributed by atoms with Crippen LogP contribution in [0.1, 0.15) is 48.5 Å². The minimum Gasteiger partial charge on any atom is -0.339 e. The number of likely N-dealkylation sites (tertiary alicyclic amines) is 2. The topological polar surface area (TPSA) is 49.3 Å². The lowest BCUT2D eigenvalue weighted by atomic mass is 10.0. The second kappa shape index (κ2) is 8.17. The molecule has 2 aromatic rings. The van der Waals surface area contributed by atoms with Crippen molar-refractivity contribution < 1.29 is 4.79 Å². The van der Waals surface area contributed by atoms with E-state index in [0.717, 1.165) is 49.0 Å². The Morgan fingerprint density at radius 1 is 1.00 bits per heavy atom. The first-order chi connectivity index (χ1) is 13.2. The zero-order valence-electron chi connectivity index (χ0n) is 16.1. The summed E-state index contributed by atoms with van der Waals surface area (Å²) in [5.74, 6) is 0.848. The first-order valence-corrected chi connectivity index (χ1v) is 10.2. The molecule has 27 heavy (non-hydrogen) atoms. The van der Waals surface area contributed by atoms with Gasteiger partial charge in [-0.25, -0.2) is 9.97 Å². The van der Waals surface area contributed by atoms with Gasteiger partial charge in [-0.2, -0.15) is 0 Å². The van der Waals surface area contributed by atoms with Crippen molar-refractivity contribution in [1.29, 1.82) is 0 Å². The SMILES string of the molecule is CCc1cnc(-c2ccc(C(=O)N3CCC(N4CCCC4)CC3)cc2)nc1. The first kappa shape index (κ1) is 18.1. The molecular weight excluding hydrogens is 336 g/mol. The molecule has 4 rings (SSSR count). The van der Waals surface area contributed by atoms with Crippen molar-refractivity contribution in [1.82, 2.24) is 19.8 Å². The standard InChI is InChI=1S/C22H28N4O/c1-2-17-15-23-21(24-16-17)18-5-7-19(8-6-18)22(27)26-13-9-20(10-14-26)25-11-3-4-12-25/h5-8,15-16,20H,2-4,9-14H2,1H3. The molecule has 1 aromatic carbocycles. The van der Waals surface area contributed by atoms with E-state index >= 15 is 0 Å². The molecule has 3 heterocycles. The zero-order valence-corrected chi connectivity index (χ0v) is 16.1. The molecule has 0 aliphatic carbocycles. The maximum atomic E-state index is 12.8. The Hall–Kier alpha value is -2.27. The maximum absolute atomic E-state index is 12.8. The zero-order chi connectivity index (χ0) is 18.6. The molecule has 1 amide bonds. The monoisotopic (exact) mass is 364 g/mol. The smallest absolute Gasteiger partial charge is 0.253 e. The number of hydrogen-bond donors (Lipinski definition) is 0. The highest BCUT2D eigenvalue weighted by Gasteiger charge is 2.28. The first-order valence-electron chi connectivity index (χ1n) is 10.2.